The van der Waals surface area contributed by atoms with Gasteiger partial charge < -0.3 is 9.64 Å². The fraction of sp³-hybridized carbons (Fsp3) is 0.636. The quantitative estimate of drug-likeness (QED) is 0.730. The number of aryl methyl sites for hydroxylation is 2. The summed E-state index contributed by atoms with van der Waals surface area (Å²) in [5, 5.41) is 0. The molecule has 0 bridgehead atoms. The summed E-state index contributed by atoms with van der Waals surface area (Å²) in [6.07, 6.45) is 0.959. The van der Waals surface area contributed by atoms with Crippen LogP contribution in [-0.4, -0.2) is 36.3 Å². The fourth-order valence-corrected chi connectivity index (χ4v) is 1.75. The molecule has 0 aromatic carbocycles. The lowest BCUT2D eigenvalue weighted by Crippen LogP contribution is -2.37. The van der Waals surface area contributed by atoms with Crippen LogP contribution < -0.4 is 4.90 Å². The van der Waals surface area contributed by atoms with Crippen LogP contribution in [0.2, 0.25) is 0 Å². The molecule has 0 saturated carbocycles. The Labute approximate surface area is 90.3 Å². The summed E-state index contributed by atoms with van der Waals surface area (Å²) in [7, 11) is 0. The largest absolute Gasteiger partial charge is 0.378 e. The van der Waals surface area contributed by atoms with E-state index in [2.05, 4.69) is 27.9 Å². The van der Waals surface area contributed by atoms with Crippen LogP contribution in [0.3, 0.4) is 0 Å². The zero-order chi connectivity index (χ0) is 10.7. The molecule has 4 nitrogen and oxygen atoms in total. The van der Waals surface area contributed by atoms with Crippen LogP contribution in [-0.2, 0) is 11.2 Å². The maximum atomic E-state index is 5.32. The second-order valence-corrected chi connectivity index (χ2v) is 3.72. The van der Waals surface area contributed by atoms with Gasteiger partial charge in [-0.05, 0) is 13.3 Å². The van der Waals surface area contributed by atoms with E-state index in [9.17, 15) is 0 Å². The van der Waals surface area contributed by atoms with Gasteiger partial charge in [-0.1, -0.05) is 6.92 Å². The smallest absolute Gasteiger partial charge is 0.132 e. The van der Waals surface area contributed by atoms with Crippen molar-refractivity contribution in [3.8, 4) is 0 Å². The van der Waals surface area contributed by atoms with E-state index < -0.39 is 0 Å². The predicted octanol–water partition coefficient (Wildman–Crippen LogP) is 1.18. The van der Waals surface area contributed by atoms with Gasteiger partial charge in [-0.15, -0.1) is 0 Å². The number of ether oxygens (including phenoxy) is 1. The van der Waals surface area contributed by atoms with Crippen molar-refractivity contribution in [2.75, 3.05) is 31.2 Å². The summed E-state index contributed by atoms with van der Waals surface area (Å²) in [6.45, 7) is 7.52. The summed E-state index contributed by atoms with van der Waals surface area (Å²) in [5.74, 6) is 1.90. The molecule has 15 heavy (non-hydrogen) atoms. The van der Waals surface area contributed by atoms with Crippen molar-refractivity contribution in [1.82, 2.24) is 9.97 Å². The normalized spacial score (nSPS) is 16.8. The van der Waals surface area contributed by atoms with E-state index in [1.54, 1.807) is 0 Å². The molecule has 1 fully saturated rings. The average Bonchev–Trinajstić information content (AvgIpc) is 2.29. The first-order valence-electron chi connectivity index (χ1n) is 5.47. The molecule has 0 atom stereocenters. The van der Waals surface area contributed by atoms with Crippen molar-refractivity contribution < 1.29 is 4.74 Å². The molecular weight excluding hydrogens is 190 g/mol. The van der Waals surface area contributed by atoms with E-state index in [-0.39, 0.29) is 0 Å². The van der Waals surface area contributed by atoms with Crippen molar-refractivity contribution in [2.24, 2.45) is 0 Å². The van der Waals surface area contributed by atoms with E-state index in [0.29, 0.717) is 0 Å². The third kappa shape index (κ3) is 2.45. The zero-order valence-corrected chi connectivity index (χ0v) is 9.36. The second-order valence-electron chi connectivity index (χ2n) is 3.72. The molecule has 4 heteroatoms. The summed E-state index contributed by atoms with van der Waals surface area (Å²) < 4.78 is 5.32. The van der Waals surface area contributed by atoms with E-state index in [1.807, 2.05) is 6.92 Å². The molecule has 1 saturated heterocycles. The molecule has 0 unspecified atom stereocenters. The first-order valence-corrected chi connectivity index (χ1v) is 5.47. The number of anilines is 1. The van der Waals surface area contributed by atoms with Gasteiger partial charge in [0, 0.05) is 24.8 Å². The highest BCUT2D eigenvalue weighted by Crippen LogP contribution is 2.14. The van der Waals surface area contributed by atoms with E-state index in [0.717, 1.165) is 50.1 Å². The van der Waals surface area contributed by atoms with Gasteiger partial charge in [-0.2, -0.15) is 0 Å². The van der Waals surface area contributed by atoms with Gasteiger partial charge in [0.2, 0.25) is 0 Å². The van der Waals surface area contributed by atoms with E-state index in [1.165, 1.54) is 0 Å². The number of hydrogen-bond acceptors (Lipinski definition) is 4. The zero-order valence-electron chi connectivity index (χ0n) is 9.36. The van der Waals surface area contributed by atoms with Crippen molar-refractivity contribution in [1.29, 1.82) is 0 Å². The lowest BCUT2D eigenvalue weighted by Gasteiger charge is -2.28. The molecular formula is C11H17N3O. The molecule has 1 aliphatic rings. The lowest BCUT2D eigenvalue weighted by molar-refractivity contribution is 0.122. The summed E-state index contributed by atoms with van der Waals surface area (Å²) in [4.78, 5) is 11.1. The third-order valence-electron chi connectivity index (χ3n) is 2.57. The molecule has 2 rings (SSSR count). The Morgan fingerprint density at radius 3 is 2.73 bits per heavy atom. The van der Waals surface area contributed by atoms with Crippen molar-refractivity contribution in [3.05, 3.63) is 17.6 Å². The van der Waals surface area contributed by atoms with Gasteiger partial charge in [-0.3, -0.25) is 0 Å². The van der Waals surface area contributed by atoms with Gasteiger partial charge in [0.25, 0.3) is 0 Å². The summed E-state index contributed by atoms with van der Waals surface area (Å²) in [5.41, 5.74) is 1.11. The molecule has 0 radical (unpaired) electrons. The molecule has 0 aliphatic carbocycles. The minimum absolute atomic E-state index is 0.796. The number of rotatable bonds is 2. The Morgan fingerprint density at radius 1 is 1.33 bits per heavy atom. The van der Waals surface area contributed by atoms with Gasteiger partial charge in [0.15, 0.2) is 0 Å². The first kappa shape index (κ1) is 10.4. The van der Waals surface area contributed by atoms with Crippen molar-refractivity contribution >= 4 is 5.82 Å². The monoisotopic (exact) mass is 207 g/mol. The Balaban J connectivity index is 2.22. The highest BCUT2D eigenvalue weighted by molar-refractivity contribution is 5.40. The highest BCUT2D eigenvalue weighted by Gasteiger charge is 2.13. The number of aromatic nitrogens is 2. The SMILES string of the molecule is CCc1cc(N2CCOCC2)nc(C)n1. The molecule has 1 aliphatic heterocycles. The molecule has 1 aromatic heterocycles. The Bertz CT molecular complexity index is 335. The van der Waals surface area contributed by atoms with Gasteiger partial charge >= 0.3 is 0 Å². The lowest BCUT2D eigenvalue weighted by atomic mass is 10.3. The van der Waals surface area contributed by atoms with Gasteiger partial charge in [0.05, 0.1) is 13.2 Å². The third-order valence-corrected chi connectivity index (χ3v) is 2.57. The van der Waals surface area contributed by atoms with E-state index in [4.69, 9.17) is 4.74 Å². The summed E-state index contributed by atoms with van der Waals surface area (Å²) in [6, 6.07) is 2.08. The van der Waals surface area contributed by atoms with Crippen LogP contribution >= 0.6 is 0 Å². The molecule has 0 spiro atoms. The maximum absolute atomic E-state index is 5.32. The molecule has 0 N–H and O–H groups in total. The van der Waals surface area contributed by atoms with Gasteiger partial charge in [-0.25, -0.2) is 9.97 Å². The minimum atomic E-state index is 0.796. The van der Waals surface area contributed by atoms with Crippen molar-refractivity contribution in [2.45, 2.75) is 20.3 Å². The van der Waals surface area contributed by atoms with Crippen LogP contribution in [0.4, 0.5) is 5.82 Å². The van der Waals surface area contributed by atoms with Crippen molar-refractivity contribution in [3.63, 3.8) is 0 Å². The minimum Gasteiger partial charge on any atom is -0.378 e. The van der Waals surface area contributed by atoms with Crippen LogP contribution in [0.1, 0.15) is 18.4 Å². The predicted molar refractivity (Wildman–Crippen MR) is 59.2 cm³/mol. The standard InChI is InChI=1S/C11H17N3O/c1-3-10-8-11(13-9(2)12-10)14-4-6-15-7-5-14/h8H,3-7H2,1-2H3. The van der Waals surface area contributed by atoms with Crippen LogP contribution in [0.25, 0.3) is 0 Å². The molecule has 0 amide bonds. The summed E-state index contributed by atoms with van der Waals surface area (Å²) >= 11 is 0. The second kappa shape index (κ2) is 4.57. The van der Waals surface area contributed by atoms with E-state index >= 15 is 0 Å². The Morgan fingerprint density at radius 2 is 2.07 bits per heavy atom. The number of nitrogens with zero attached hydrogens (tertiary/aromatic N) is 3. The maximum Gasteiger partial charge on any atom is 0.132 e. The topological polar surface area (TPSA) is 38.2 Å². The Hall–Kier alpha value is -1.16. The fourth-order valence-electron chi connectivity index (χ4n) is 1.75. The molecule has 1 aromatic rings. The molecule has 2 heterocycles. The Kier molecular flexibility index (Phi) is 3.16. The van der Waals surface area contributed by atoms with Crippen LogP contribution in [0.15, 0.2) is 6.07 Å². The highest BCUT2D eigenvalue weighted by atomic mass is 16.5. The van der Waals surface area contributed by atoms with Gasteiger partial charge in [0.1, 0.15) is 11.6 Å². The van der Waals surface area contributed by atoms with Crippen LogP contribution in [0, 0.1) is 6.92 Å². The number of morpholine rings is 1. The van der Waals surface area contributed by atoms with Crippen LogP contribution in [0.5, 0.6) is 0 Å². The first-order chi connectivity index (χ1) is 7.29. The molecule has 82 valence electrons. The average molecular weight is 207 g/mol. The number of hydrogen-bond donors (Lipinski definition) is 0.